The van der Waals surface area contributed by atoms with E-state index in [0.717, 1.165) is 28.1 Å². The summed E-state index contributed by atoms with van der Waals surface area (Å²) in [7, 11) is 3.04. The maximum absolute atomic E-state index is 10.2. The van der Waals surface area contributed by atoms with Gasteiger partial charge in [0.2, 0.25) is 0 Å². The zero-order valence-electron chi connectivity index (χ0n) is 16.9. The van der Waals surface area contributed by atoms with Crippen LogP contribution in [-0.2, 0) is 6.42 Å². The number of nitrogens with one attached hydrogen (secondary N) is 1. The predicted molar refractivity (Wildman–Crippen MR) is 120 cm³/mol. The fourth-order valence-electron chi connectivity index (χ4n) is 2.94. The van der Waals surface area contributed by atoms with Gasteiger partial charge >= 0.3 is 0 Å². The van der Waals surface area contributed by atoms with Gasteiger partial charge in [0.15, 0.2) is 23.0 Å². The van der Waals surface area contributed by atoms with Crippen molar-refractivity contribution >= 4 is 24.3 Å². The van der Waals surface area contributed by atoms with E-state index in [0.29, 0.717) is 17.9 Å². The number of aromatic hydroxyl groups is 2. The van der Waals surface area contributed by atoms with Crippen molar-refractivity contribution < 1.29 is 19.7 Å². The Kier molecular flexibility index (Phi) is 6.60. The first-order valence-electron chi connectivity index (χ1n) is 9.33. The lowest BCUT2D eigenvalue weighted by molar-refractivity contribution is 0.371. The minimum Gasteiger partial charge on any atom is -0.504 e. The molecule has 6 heteroatoms. The molecular formula is C24H24N2O4. The second-order valence-corrected chi connectivity index (χ2v) is 6.57. The largest absolute Gasteiger partial charge is 0.504 e. The van der Waals surface area contributed by atoms with Crippen molar-refractivity contribution in [2.45, 2.75) is 6.42 Å². The van der Waals surface area contributed by atoms with E-state index in [1.54, 1.807) is 30.3 Å². The molecule has 0 bridgehead atoms. The lowest BCUT2D eigenvalue weighted by Gasteiger charge is -2.09. The quantitative estimate of drug-likeness (QED) is 0.465. The first kappa shape index (κ1) is 20.8. The highest BCUT2D eigenvalue weighted by Gasteiger charge is 2.08. The fourth-order valence-corrected chi connectivity index (χ4v) is 2.94. The van der Waals surface area contributed by atoms with Crippen molar-refractivity contribution in [3.8, 4) is 23.0 Å². The number of hydrogen-bond acceptors (Lipinski definition) is 5. The molecule has 0 amide bonds. The molecule has 0 unspecified atom stereocenters. The van der Waals surface area contributed by atoms with Crippen molar-refractivity contribution in [2.75, 3.05) is 14.2 Å². The van der Waals surface area contributed by atoms with E-state index >= 15 is 0 Å². The monoisotopic (exact) mass is 404 g/mol. The van der Waals surface area contributed by atoms with Crippen LogP contribution in [0.3, 0.4) is 0 Å². The first-order valence-corrected chi connectivity index (χ1v) is 9.33. The molecule has 3 rings (SSSR count). The Bertz CT molecular complexity index is 1100. The minimum atomic E-state index is 0.103. The summed E-state index contributed by atoms with van der Waals surface area (Å²) >= 11 is 0. The molecule has 1 aromatic heterocycles. The van der Waals surface area contributed by atoms with Crippen LogP contribution < -0.4 is 9.47 Å². The van der Waals surface area contributed by atoms with E-state index in [2.05, 4.69) is 16.8 Å². The summed E-state index contributed by atoms with van der Waals surface area (Å²) in [6.45, 7) is 3.72. The van der Waals surface area contributed by atoms with Gasteiger partial charge in [0, 0.05) is 5.56 Å². The molecule has 154 valence electrons. The van der Waals surface area contributed by atoms with Gasteiger partial charge in [0.1, 0.15) is 0 Å². The van der Waals surface area contributed by atoms with Crippen molar-refractivity contribution in [3.05, 3.63) is 77.1 Å². The second-order valence-electron chi connectivity index (χ2n) is 6.57. The van der Waals surface area contributed by atoms with Crippen LogP contribution in [0.5, 0.6) is 23.0 Å². The number of H-pyrrole nitrogens is 1. The summed E-state index contributed by atoms with van der Waals surface area (Å²) in [6, 6.07) is 10.7. The third kappa shape index (κ3) is 4.91. The molecule has 0 aliphatic rings. The number of methoxy groups -OCH3 is 2. The van der Waals surface area contributed by atoms with Crippen LogP contribution >= 0.6 is 0 Å². The Labute approximate surface area is 175 Å². The number of nitrogens with zero attached hydrogens (tertiary/aromatic N) is 1. The molecule has 0 aliphatic carbocycles. The molecule has 30 heavy (non-hydrogen) atoms. The lowest BCUT2D eigenvalue weighted by atomic mass is 10.0. The normalized spacial score (nSPS) is 11.3. The average molecular weight is 404 g/mol. The molecule has 1 heterocycles. The van der Waals surface area contributed by atoms with E-state index in [-0.39, 0.29) is 11.5 Å². The van der Waals surface area contributed by atoms with Crippen LogP contribution in [0.1, 0.15) is 28.1 Å². The third-order valence-electron chi connectivity index (χ3n) is 4.48. The second kappa shape index (κ2) is 9.52. The number of aromatic amines is 1. The molecule has 0 saturated carbocycles. The number of aromatic nitrogens is 2. The Morgan fingerprint density at radius 3 is 2.40 bits per heavy atom. The van der Waals surface area contributed by atoms with Gasteiger partial charge in [0.05, 0.1) is 25.6 Å². The number of phenolic OH excluding ortho intramolecular Hbond substituents is 2. The van der Waals surface area contributed by atoms with Gasteiger partial charge in [-0.25, -0.2) is 0 Å². The third-order valence-corrected chi connectivity index (χ3v) is 4.48. The van der Waals surface area contributed by atoms with Gasteiger partial charge in [-0.2, -0.15) is 5.10 Å². The number of hydrogen-bond donors (Lipinski definition) is 3. The smallest absolute Gasteiger partial charge is 0.161 e. The van der Waals surface area contributed by atoms with Gasteiger partial charge in [0.25, 0.3) is 0 Å². The van der Waals surface area contributed by atoms with Gasteiger partial charge in [-0.05, 0) is 60.0 Å². The Morgan fingerprint density at radius 2 is 1.67 bits per heavy atom. The Morgan fingerprint density at radius 1 is 0.933 bits per heavy atom. The molecule has 0 spiro atoms. The highest BCUT2D eigenvalue weighted by molar-refractivity contribution is 5.73. The van der Waals surface area contributed by atoms with E-state index in [1.807, 2.05) is 36.4 Å². The van der Waals surface area contributed by atoms with E-state index in [4.69, 9.17) is 9.47 Å². The lowest BCUT2D eigenvalue weighted by Crippen LogP contribution is -1.90. The van der Waals surface area contributed by atoms with Crippen molar-refractivity contribution in [1.82, 2.24) is 10.2 Å². The average Bonchev–Trinajstić information content (AvgIpc) is 3.21. The maximum atomic E-state index is 10.2. The molecule has 6 nitrogen and oxygen atoms in total. The molecule has 0 radical (unpaired) electrons. The highest BCUT2D eigenvalue weighted by Crippen LogP contribution is 2.32. The van der Waals surface area contributed by atoms with Crippen LogP contribution in [0.15, 0.2) is 49.1 Å². The highest BCUT2D eigenvalue weighted by atomic mass is 16.5. The number of rotatable bonds is 8. The van der Waals surface area contributed by atoms with Crippen LogP contribution in [0.4, 0.5) is 0 Å². The fraction of sp³-hybridized carbons (Fsp3) is 0.125. The van der Waals surface area contributed by atoms with Crippen LogP contribution in [0.25, 0.3) is 24.3 Å². The molecule has 0 aliphatic heterocycles. The van der Waals surface area contributed by atoms with E-state index in [9.17, 15) is 10.2 Å². The van der Waals surface area contributed by atoms with E-state index < -0.39 is 0 Å². The molecule has 0 fully saturated rings. The predicted octanol–water partition coefficient (Wildman–Crippen LogP) is 4.91. The molecule has 2 aromatic carbocycles. The minimum absolute atomic E-state index is 0.103. The maximum Gasteiger partial charge on any atom is 0.161 e. The Balaban J connectivity index is 1.76. The van der Waals surface area contributed by atoms with Crippen LogP contribution in [0, 0.1) is 0 Å². The summed E-state index contributed by atoms with van der Waals surface area (Å²) in [4.78, 5) is 0. The van der Waals surface area contributed by atoms with Gasteiger partial charge < -0.3 is 19.7 Å². The standard InChI is InChI=1S/C24H24N2O4/c1-4-5-18-12-17(14-23(30-3)24(18)28)7-10-20-15-19(25-26-20)9-6-16-8-11-21(27)22(13-16)29-2/h4,6-15,27-28H,1,5H2,2-3H3,(H,25,26)/b9-6+,10-7+. The summed E-state index contributed by atoms with van der Waals surface area (Å²) < 4.78 is 10.4. The molecule has 3 aromatic rings. The molecule has 3 N–H and O–H groups in total. The van der Waals surface area contributed by atoms with Crippen LogP contribution in [0.2, 0.25) is 0 Å². The number of benzene rings is 2. The van der Waals surface area contributed by atoms with Crippen molar-refractivity contribution in [2.24, 2.45) is 0 Å². The van der Waals surface area contributed by atoms with Gasteiger partial charge in [-0.15, -0.1) is 6.58 Å². The zero-order valence-corrected chi connectivity index (χ0v) is 16.9. The van der Waals surface area contributed by atoms with Crippen molar-refractivity contribution in [1.29, 1.82) is 0 Å². The number of allylic oxidation sites excluding steroid dienone is 1. The molecular weight excluding hydrogens is 380 g/mol. The molecule has 0 atom stereocenters. The summed E-state index contributed by atoms with van der Waals surface area (Å²) in [5.41, 5.74) is 4.12. The number of phenols is 2. The number of ether oxygens (including phenoxy) is 2. The van der Waals surface area contributed by atoms with Crippen LogP contribution in [-0.4, -0.2) is 34.6 Å². The zero-order chi connectivity index (χ0) is 21.5. The summed E-state index contributed by atoms with van der Waals surface area (Å²) in [5, 5.41) is 27.1. The van der Waals surface area contributed by atoms with Gasteiger partial charge in [-0.1, -0.05) is 24.3 Å². The first-order chi connectivity index (χ1) is 14.5. The SMILES string of the molecule is C=CCc1cc(/C=C/c2cc(/C=C/c3ccc(O)c(OC)c3)[nH]n2)cc(OC)c1O. The molecule has 0 saturated heterocycles. The van der Waals surface area contributed by atoms with Gasteiger partial charge in [-0.3, -0.25) is 5.10 Å². The topological polar surface area (TPSA) is 87.6 Å². The van der Waals surface area contributed by atoms with E-state index in [1.165, 1.54) is 14.2 Å². The Hall–Kier alpha value is -3.93. The summed E-state index contributed by atoms with van der Waals surface area (Å²) in [6.07, 6.45) is 9.85. The summed E-state index contributed by atoms with van der Waals surface area (Å²) in [5.74, 6) is 1.08. The van der Waals surface area contributed by atoms with Crippen molar-refractivity contribution in [3.63, 3.8) is 0 Å².